The molecule has 1 aromatic rings. The van der Waals surface area contributed by atoms with Crippen LogP contribution in [0.5, 0.6) is 0 Å². The summed E-state index contributed by atoms with van der Waals surface area (Å²) >= 11 is 2.84. The van der Waals surface area contributed by atoms with Gasteiger partial charge in [-0.15, -0.1) is 23.1 Å². The topological polar surface area (TPSA) is 57.6 Å². The Balaban J connectivity index is 2.70. The number of allylic oxidation sites excluding steroid dienone is 1. The highest BCUT2D eigenvalue weighted by atomic mass is 32.2. The van der Waals surface area contributed by atoms with Crippen LogP contribution < -0.4 is 0 Å². The van der Waals surface area contributed by atoms with E-state index < -0.39 is 5.41 Å². The highest BCUT2D eigenvalue weighted by Crippen LogP contribution is 2.46. The second-order valence-electron chi connectivity index (χ2n) is 5.91. The average molecular weight is 325 g/mol. The molecule has 0 fully saturated rings. The maximum atomic E-state index is 12.7. The molecule has 0 saturated carbocycles. The van der Waals surface area contributed by atoms with Crippen LogP contribution in [-0.4, -0.2) is 42.0 Å². The van der Waals surface area contributed by atoms with Crippen LogP contribution in [0.4, 0.5) is 0 Å². The fourth-order valence-corrected chi connectivity index (χ4v) is 4.65. The molecule has 114 valence electrons. The zero-order valence-electron chi connectivity index (χ0n) is 12.8. The van der Waals surface area contributed by atoms with Gasteiger partial charge in [-0.05, 0) is 18.2 Å². The lowest BCUT2D eigenvalue weighted by molar-refractivity contribution is 0.0831. The lowest BCUT2D eigenvalue weighted by Gasteiger charge is -2.31. The van der Waals surface area contributed by atoms with Crippen molar-refractivity contribution < 1.29 is 14.7 Å². The molecule has 1 heterocycles. The fraction of sp³-hybridized carbons (Fsp3) is 0.467. The summed E-state index contributed by atoms with van der Waals surface area (Å²) in [7, 11) is 3.42. The van der Waals surface area contributed by atoms with Crippen molar-refractivity contribution in [2.45, 2.75) is 24.5 Å². The minimum absolute atomic E-state index is 0.0726. The molecule has 21 heavy (non-hydrogen) atoms. The zero-order valence-corrected chi connectivity index (χ0v) is 14.4. The number of hydrogen-bond acceptors (Lipinski definition) is 5. The maximum absolute atomic E-state index is 12.7. The summed E-state index contributed by atoms with van der Waals surface area (Å²) in [4.78, 5) is 27.2. The van der Waals surface area contributed by atoms with Gasteiger partial charge in [0, 0.05) is 25.1 Å². The van der Waals surface area contributed by atoms with Gasteiger partial charge in [0.25, 0.3) is 5.91 Å². The largest absolute Gasteiger partial charge is 0.515 e. The number of thiophene rings is 1. The molecule has 4 nitrogen and oxygen atoms in total. The zero-order chi connectivity index (χ0) is 15.9. The van der Waals surface area contributed by atoms with Crippen LogP contribution in [0.2, 0.25) is 0 Å². The van der Waals surface area contributed by atoms with Crippen molar-refractivity contribution in [3.63, 3.8) is 0 Å². The number of ketones is 1. The van der Waals surface area contributed by atoms with Crippen LogP contribution in [0.1, 0.15) is 39.4 Å². The maximum Gasteiger partial charge on any atom is 0.263 e. The van der Waals surface area contributed by atoms with E-state index in [1.165, 1.54) is 28.0 Å². The number of aliphatic hydroxyl groups is 1. The first kappa shape index (κ1) is 16.1. The minimum Gasteiger partial charge on any atom is -0.515 e. The van der Waals surface area contributed by atoms with E-state index in [4.69, 9.17) is 0 Å². The van der Waals surface area contributed by atoms with Crippen molar-refractivity contribution in [3.05, 3.63) is 27.8 Å². The van der Waals surface area contributed by atoms with Gasteiger partial charge >= 0.3 is 0 Å². The van der Waals surface area contributed by atoms with Crippen molar-refractivity contribution in [2.24, 2.45) is 5.41 Å². The quantitative estimate of drug-likeness (QED) is 0.514. The van der Waals surface area contributed by atoms with Crippen LogP contribution in [0, 0.1) is 5.41 Å². The van der Waals surface area contributed by atoms with E-state index in [1.54, 1.807) is 14.1 Å². The molecule has 1 aromatic heterocycles. The van der Waals surface area contributed by atoms with Crippen LogP contribution in [0.25, 0.3) is 0 Å². The number of carbonyl (C=O) groups excluding carboxylic acids is 2. The summed E-state index contributed by atoms with van der Waals surface area (Å²) < 4.78 is 0.843. The second-order valence-corrected chi connectivity index (χ2v) is 8.00. The number of Topliss-reactive ketones (excluding diaryl/α,β-unsaturated/α-hetero) is 1. The van der Waals surface area contributed by atoms with E-state index in [1.807, 2.05) is 20.1 Å². The van der Waals surface area contributed by atoms with Crippen molar-refractivity contribution in [2.75, 3.05) is 20.4 Å². The molecule has 0 spiro atoms. The number of thioether (sulfide) groups is 1. The Morgan fingerprint density at radius 3 is 2.52 bits per heavy atom. The molecule has 2 rings (SSSR count). The first-order valence-electron chi connectivity index (χ1n) is 6.55. The molecule has 1 aliphatic rings. The Morgan fingerprint density at radius 1 is 1.43 bits per heavy atom. The molecule has 0 radical (unpaired) electrons. The highest BCUT2D eigenvalue weighted by molar-refractivity contribution is 8.00. The van der Waals surface area contributed by atoms with E-state index in [0.29, 0.717) is 22.4 Å². The number of rotatable bonds is 2. The minimum atomic E-state index is -0.475. The third-order valence-corrected chi connectivity index (χ3v) is 6.05. The molecular weight excluding hydrogens is 306 g/mol. The Kier molecular flexibility index (Phi) is 4.22. The number of aliphatic hydroxyl groups excluding tert-OH is 1. The molecule has 0 saturated heterocycles. The van der Waals surface area contributed by atoms with Gasteiger partial charge in [0.15, 0.2) is 5.78 Å². The summed E-state index contributed by atoms with van der Waals surface area (Å²) in [5.74, 6) is -0.237. The Labute approximate surface area is 132 Å². The van der Waals surface area contributed by atoms with E-state index in [0.717, 1.165) is 16.0 Å². The number of hydrogen-bond donors (Lipinski definition) is 1. The SMILES string of the molecule is CSc1sc(C(=O)N(C)C)c2c1C(=O)/C(=C/O)C(C)(C)C2. The molecule has 0 bridgehead atoms. The standard InChI is InChI=1S/C15H19NO3S2/c1-15(2)6-8-10(11(18)9(15)7-17)14(20-5)21-12(8)13(19)16(3)4/h7,17H,6H2,1-5H3/b9-7-. The monoisotopic (exact) mass is 325 g/mol. The summed E-state index contributed by atoms with van der Waals surface area (Å²) in [6, 6.07) is 0. The van der Waals surface area contributed by atoms with E-state index in [-0.39, 0.29) is 11.7 Å². The van der Waals surface area contributed by atoms with Crippen LogP contribution in [-0.2, 0) is 6.42 Å². The van der Waals surface area contributed by atoms with Gasteiger partial charge in [-0.3, -0.25) is 9.59 Å². The van der Waals surface area contributed by atoms with Crippen molar-refractivity contribution in [1.29, 1.82) is 0 Å². The van der Waals surface area contributed by atoms with Gasteiger partial charge in [0.1, 0.15) is 0 Å². The fourth-order valence-electron chi connectivity index (χ4n) is 2.57. The molecule has 0 aromatic carbocycles. The first-order valence-corrected chi connectivity index (χ1v) is 8.59. The molecule has 1 N–H and O–H groups in total. The number of fused-ring (bicyclic) bond motifs is 1. The van der Waals surface area contributed by atoms with Crippen molar-refractivity contribution in [3.8, 4) is 0 Å². The summed E-state index contributed by atoms with van der Waals surface area (Å²) in [5, 5.41) is 9.43. The normalized spacial score (nSPS) is 18.7. The third kappa shape index (κ3) is 2.51. The van der Waals surface area contributed by atoms with Gasteiger partial charge < -0.3 is 10.0 Å². The lowest BCUT2D eigenvalue weighted by Crippen LogP contribution is -2.32. The van der Waals surface area contributed by atoms with Crippen molar-refractivity contribution in [1.82, 2.24) is 4.90 Å². The highest BCUT2D eigenvalue weighted by Gasteiger charge is 2.41. The molecule has 0 aliphatic heterocycles. The van der Waals surface area contributed by atoms with E-state index in [2.05, 4.69) is 0 Å². The Bertz CT molecular complexity index is 642. The third-order valence-electron chi connectivity index (χ3n) is 3.71. The summed E-state index contributed by atoms with van der Waals surface area (Å²) in [5.41, 5.74) is 1.35. The van der Waals surface area contributed by atoms with Crippen LogP contribution >= 0.6 is 23.1 Å². The van der Waals surface area contributed by atoms with Gasteiger partial charge in [0.05, 0.1) is 20.9 Å². The predicted octanol–water partition coefficient (Wildman–Crippen LogP) is 3.38. The molecule has 6 heteroatoms. The summed E-state index contributed by atoms with van der Waals surface area (Å²) in [6.07, 6.45) is 3.39. The van der Waals surface area contributed by atoms with E-state index in [9.17, 15) is 14.7 Å². The van der Waals surface area contributed by atoms with Gasteiger partial charge in [-0.25, -0.2) is 0 Å². The molecular formula is C15H19NO3S2. The smallest absolute Gasteiger partial charge is 0.263 e. The van der Waals surface area contributed by atoms with Crippen molar-refractivity contribution >= 4 is 34.8 Å². The summed E-state index contributed by atoms with van der Waals surface area (Å²) in [6.45, 7) is 3.83. The van der Waals surface area contributed by atoms with Gasteiger partial charge in [0.2, 0.25) is 0 Å². The number of carbonyl (C=O) groups is 2. The van der Waals surface area contributed by atoms with Gasteiger partial charge in [-0.1, -0.05) is 13.8 Å². The predicted molar refractivity (Wildman–Crippen MR) is 86.6 cm³/mol. The Hall–Kier alpha value is -1.27. The van der Waals surface area contributed by atoms with E-state index >= 15 is 0 Å². The van der Waals surface area contributed by atoms with Crippen LogP contribution in [0.3, 0.4) is 0 Å². The molecule has 0 atom stereocenters. The average Bonchev–Trinajstić information content (AvgIpc) is 2.75. The first-order chi connectivity index (χ1) is 9.74. The lowest BCUT2D eigenvalue weighted by atomic mass is 9.71. The molecule has 0 unspecified atom stereocenters. The Morgan fingerprint density at radius 2 is 2.05 bits per heavy atom. The van der Waals surface area contributed by atoms with Gasteiger partial charge in [-0.2, -0.15) is 0 Å². The molecule has 1 aliphatic carbocycles. The number of nitrogens with zero attached hydrogens (tertiary/aromatic N) is 1. The number of amides is 1. The second kappa shape index (κ2) is 5.50. The molecule has 1 amide bonds. The van der Waals surface area contributed by atoms with Crippen LogP contribution in [0.15, 0.2) is 16.0 Å².